The van der Waals surface area contributed by atoms with Crippen molar-refractivity contribution in [1.29, 1.82) is 0 Å². The maximum atomic E-state index is 12.1. The lowest BCUT2D eigenvalue weighted by molar-refractivity contribution is -0.138. The number of hydrogen-bond acceptors (Lipinski definition) is 7. The van der Waals surface area contributed by atoms with Crippen molar-refractivity contribution in [2.45, 2.75) is 12.8 Å². The number of para-hydroxylation sites is 2. The van der Waals surface area contributed by atoms with E-state index in [-0.39, 0.29) is 5.70 Å². The van der Waals surface area contributed by atoms with Crippen molar-refractivity contribution in [1.82, 2.24) is 4.98 Å². The third kappa shape index (κ3) is 5.39. The van der Waals surface area contributed by atoms with Gasteiger partial charge >= 0.3 is 11.9 Å². The molecule has 1 aromatic heterocycles. The van der Waals surface area contributed by atoms with Gasteiger partial charge in [0.25, 0.3) is 0 Å². The lowest BCUT2D eigenvalue weighted by Crippen LogP contribution is -2.16. The summed E-state index contributed by atoms with van der Waals surface area (Å²) in [7, 11) is 4.12. The van der Waals surface area contributed by atoms with Crippen LogP contribution in [0.5, 0.6) is 5.75 Å². The Morgan fingerprint density at radius 1 is 0.935 bits per heavy atom. The first-order chi connectivity index (χ1) is 15.0. The van der Waals surface area contributed by atoms with Gasteiger partial charge in [-0.05, 0) is 36.6 Å². The van der Waals surface area contributed by atoms with Crippen LogP contribution in [-0.4, -0.2) is 38.3 Å². The first kappa shape index (κ1) is 21.8. The Bertz CT molecular complexity index is 1120. The van der Waals surface area contributed by atoms with Crippen LogP contribution < -0.4 is 10.1 Å². The number of fused-ring (bicyclic) bond motifs is 1. The fourth-order valence-electron chi connectivity index (χ4n) is 3.17. The molecule has 0 aliphatic carbocycles. The van der Waals surface area contributed by atoms with Crippen LogP contribution in [0, 0.1) is 0 Å². The van der Waals surface area contributed by atoms with Gasteiger partial charge in [-0.2, -0.15) is 0 Å². The number of pyridine rings is 1. The molecule has 0 atom stereocenters. The van der Waals surface area contributed by atoms with E-state index in [1.54, 1.807) is 7.11 Å². The third-order valence-corrected chi connectivity index (χ3v) is 4.77. The summed E-state index contributed by atoms with van der Waals surface area (Å²) in [4.78, 5) is 28.4. The van der Waals surface area contributed by atoms with Gasteiger partial charge in [0, 0.05) is 16.8 Å². The van der Waals surface area contributed by atoms with E-state index in [1.807, 2.05) is 54.6 Å². The zero-order chi connectivity index (χ0) is 22.2. The smallest absolute Gasteiger partial charge is 0.354 e. The molecule has 0 amide bonds. The highest BCUT2D eigenvalue weighted by Crippen LogP contribution is 2.25. The van der Waals surface area contributed by atoms with E-state index >= 15 is 0 Å². The van der Waals surface area contributed by atoms with E-state index in [4.69, 9.17) is 14.5 Å². The number of nitrogens with one attached hydrogen (secondary N) is 1. The largest absolute Gasteiger partial charge is 0.494 e. The average Bonchev–Trinajstić information content (AvgIpc) is 2.81. The van der Waals surface area contributed by atoms with E-state index in [0.29, 0.717) is 18.5 Å². The van der Waals surface area contributed by atoms with Gasteiger partial charge in [-0.25, -0.2) is 14.6 Å². The minimum atomic E-state index is -0.663. The van der Waals surface area contributed by atoms with Gasteiger partial charge < -0.3 is 19.5 Å². The Hall–Kier alpha value is -3.87. The van der Waals surface area contributed by atoms with E-state index in [2.05, 4.69) is 10.1 Å². The molecule has 31 heavy (non-hydrogen) atoms. The molecule has 7 nitrogen and oxygen atoms in total. The first-order valence-corrected chi connectivity index (χ1v) is 9.71. The average molecular weight is 420 g/mol. The molecule has 0 bridgehead atoms. The van der Waals surface area contributed by atoms with Crippen molar-refractivity contribution in [2.75, 3.05) is 26.6 Å². The van der Waals surface area contributed by atoms with Crippen LogP contribution in [0.25, 0.3) is 10.9 Å². The number of aromatic nitrogens is 1. The molecule has 0 unspecified atom stereocenters. The normalized spacial score (nSPS) is 11.1. The van der Waals surface area contributed by atoms with Gasteiger partial charge in [0.05, 0.1) is 27.4 Å². The van der Waals surface area contributed by atoms with Crippen LogP contribution in [0.1, 0.15) is 11.3 Å². The fourth-order valence-corrected chi connectivity index (χ4v) is 3.17. The molecule has 3 aromatic rings. The Morgan fingerprint density at radius 2 is 1.74 bits per heavy atom. The van der Waals surface area contributed by atoms with Crippen LogP contribution >= 0.6 is 0 Å². The summed E-state index contributed by atoms with van der Waals surface area (Å²) in [6.45, 7) is 0. The Morgan fingerprint density at radius 3 is 2.48 bits per heavy atom. The highest BCUT2D eigenvalue weighted by Gasteiger charge is 2.14. The molecule has 1 N–H and O–H groups in total. The van der Waals surface area contributed by atoms with Gasteiger partial charge in [0.15, 0.2) is 0 Å². The number of ether oxygens (including phenoxy) is 3. The highest BCUT2D eigenvalue weighted by molar-refractivity contribution is 5.98. The number of hydrogen-bond donors (Lipinski definition) is 1. The van der Waals surface area contributed by atoms with Gasteiger partial charge in [-0.3, -0.25) is 0 Å². The minimum Gasteiger partial charge on any atom is -0.494 e. The summed E-state index contributed by atoms with van der Waals surface area (Å²) in [5.74, 6) is -0.583. The van der Waals surface area contributed by atoms with Crippen molar-refractivity contribution in [3.05, 3.63) is 77.6 Å². The molecule has 0 aliphatic heterocycles. The molecule has 1 heterocycles. The van der Waals surface area contributed by atoms with Gasteiger partial charge in [-0.1, -0.05) is 36.4 Å². The number of carbonyl (C=O) groups is 2. The Kier molecular flexibility index (Phi) is 7.22. The lowest BCUT2D eigenvalue weighted by Gasteiger charge is -2.14. The van der Waals surface area contributed by atoms with Gasteiger partial charge in [0.1, 0.15) is 17.0 Å². The first-order valence-electron chi connectivity index (χ1n) is 9.71. The number of esters is 2. The molecule has 0 spiro atoms. The molecule has 0 saturated heterocycles. The highest BCUT2D eigenvalue weighted by atomic mass is 16.5. The quantitative estimate of drug-likeness (QED) is 0.439. The van der Waals surface area contributed by atoms with E-state index in [1.165, 1.54) is 14.2 Å². The second-order valence-corrected chi connectivity index (χ2v) is 6.69. The molecule has 0 aliphatic rings. The summed E-state index contributed by atoms with van der Waals surface area (Å²) in [6, 6.07) is 17.4. The van der Waals surface area contributed by atoms with E-state index < -0.39 is 11.9 Å². The van der Waals surface area contributed by atoms with Crippen LogP contribution in [-0.2, 0) is 31.9 Å². The third-order valence-electron chi connectivity index (χ3n) is 4.77. The van der Waals surface area contributed by atoms with Crippen molar-refractivity contribution in [3.8, 4) is 5.75 Å². The summed E-state index contributed by atoms with van der Waals surface area (Å²) in [5.41, 5.74) is 3.40. The second kappa shape index (κ2) is 10.2. The van der Waals surface area contributed by atoms with Crippen molar-refractivity contribution < 1.29 is 23.8 Å². The van der Waals surface area contributed by atoms with E-state index in [0.717, 1.165) is 34.0 Å². The molecule has 7 heteroatoms. The number of nitrogens with zero attached hydrogens (tertiary/aromatic N) is 1. The monoisotopic (exact) mass is 420 g/mol. The molecular formula is C24H24N2O5. The van der Waals surface area contributed by atoms with Crippen LogP contribution in [0.2, 0.25) is 0 Å². The Balaban J connectivity index is 1.82. The van der Waals surface area contributed by atoms with Gasteiger partial charge in [-0.15, -0.1) is 0 Å². The number of benzene rings is 2. The summed E-state index contributed by atoms with van der Waals surface area (Å²) < 4.78 is 14.8. The van der Waals surface area contributed by atoms with Gasteiger partial charge in [0.2, 0.25) is 0 Å². The number of anilines is 1. The maximum Gasteiger partial charge on any atom is 0.354 e. The summed E-state index contributed by atoms with van der Waals surface area (Å²) in [6.07, 6.45) is 2.42. The van der Waals surface area contributed by atoms with E-state index in [9.17, 15) is 9.59 Å². The minimum absolute atomic E-state index is 0.00429. The SMILES string of the molecule is COC(=O)/C=C(/Nc1ccccc1CCc1ccc2cccc(OC)c2n1)C(=O)OC. The molecule has 0 radical (unpaired) electrons. The molecular weight excluding hydrogens is 396 g/mol. The van der Waals surface area contributed by atoms with Crippen molar-refractivity contribution in [2.24, 2.45) is 0 Å². The maximum absolute atomic E-state index is 12.1. The standard InChI is InChI=1S/C24H24N2O5/c1-29-21-10-6-8-17-12-14-18(25-23(17)21)13-11-16-7-4-5-9-19(16)26-20(24(28)31-3)15-22(27)30-2/h4-10,12,14-15,26H,11,13H2,1-3H3/b20-15+. The zero-order valence-electron chi connectivity index (χ0n) is 17.7. The number of rotatable bonds is 8. The molecule has 160 valence electrons. The van der Waals surface area contributed by atoms with Crippen molar-refractivity contribution in [3.63, 3.8) is 0 Å². The lowest BCUT2D eigenvalue weighted by atomic mass is 10.0. The predicted octanol–water partition coefficient (Wildman–Crippen LogP) is 3.67. The molecule has 0 saturated carbocycles. The molecule has 0 fully saturated rings. The summed E-state index contributed by atoms with van der Waals surface area (Å²) in [5, 5.41) is 4.01. The van der Waals surface area contributed by atoms with Crippen LogP contribution in [0.15, 0.2) is 66.4 Å². The number of carbonyl (C=O) groups excluding carboxylic acids is 2. The fraction of sp³-hybridized carbons (Fsp3) is 0.208. The number of methoxy groups -OCH3 is 3. The number of aryl methyl sites for hydroxylation is 2. The summed E-state index contributed by atoms with van der Waals surface area (Å²) >= 11 is 0. The zero-order valence-corrected chi connectivity index (χ0v) is 17.7. The Labute approximate surface area is 180 Å². The van der Waals surface area contributed by atoms with Crippen LogP contribution in [0.3, 0.4) is 0 Å². The van der Waals surface area contributed by atoms with Crippen LogP contribution in [0.4, 0.5) is 5.69 Å². The predicted molar refractivity (Wildman–Crippen MR) is 118 cm³/mol. The molecule has 3 rings (SSSR count). The van der Waals surface area contributed by atoms with Crippen molar-refractivity contribution >= 4 is 28.5 Å². The molecule has 2 aromatic carbocycles. The topological polar surface area (TPSA) is 86.8 Å². The second-order valence-electron chi connectivity index (χ2n) is 6.69.